The summed E-state index contributed by atoms with van der Waals surface area (Å²) in [6.45, 7) is 5.68. The van der Waals surface area contributed by atoms with E-state index in [0.717, 1.165) is 17.7 Å². The zero-order valence-corrected chi connectivity index (χ0v) is 18.7. The molecule has 2 aromatic carbocycles. The van der Waals surface area contributed by atoms with Gasteiger partial charge in [-0.15, -0.1) is 0 Å². The second-order valence-corrected chi connectivity index (χ2v) is 9.13. The van der Waals surface area contributed by atoms with E-state index < -0.39 is 21.7 Å². The second kappa shape index (κ2) is 10.9. The van der Waals surface area contributed by atoms with E-state index in [2.05, 4.69) is 10.0 Å². The molecule has 0 aromatic heterocycles. The third-order valence-electron chi connectivity index (χ3n) is 4.25. The summed E-state index contributed by atoms with van der Waals surface area (Å²) in [6, 6.07) is 14.1. The van der Waals surface area contributed by atoms with Gasteiger partial charge in [-0.05, 0) is 75.6 Å². The molecule has 7 nitrogen and oxygen atoms in total. The molecule has 2 aromatic rings. The minimum Gasteiger partial charge on any atom is -0.497 e. The van der Waals surface area contributed by atoms with Crippen molar-refractivity contribution < 1.29 is 22.7 Å². The van der Waals surface area contributed by atoms with Crippen LogP contribution in [0.2, 0.25) is 0 Å². The second-order valence-electron chi connectivity index (χ2n) is 7.41. The molecule has 1 unspecified atom stereocenters. The Morgan fingerprint density at radius 2 is 1.57 bits per heavy atom. The van der Waals surface area contributed by atoms with Crippen molar-refractivity contribution in [3.8, 4) is 11.5 Å². The van der Waals surface area contributed by atoms with E-state index in [4.69, 9.17) is 9.47 Å². The molecule has 1 amide bonds. The maximum Gasteiger partial charge on any atom is 0.241 e. The quantitative estimate of drug-likeness (QED) is 0.566. The van der Waals surface area contributed by atoms with Crippen LogP contribution in [-0.4, -0.2) is 39.3 Å². The lowest BCUT2D eigenvalue weighted by Gasteiger charge is -2.15. The first-order valence-corrected chi connectivity index (χ1v) is 11.5. The molecule has 0 heterocycles. The molecule has 2 rings (SSSR count). The van der Waals surface area contributed by atoms with E-state index in [1.165, 1.54) is 0 Å². The summed E-state index contributed by atoms with van der Waals surface area (Å²) in [7, 11) is -2.19. The maximum absolute atomic E-state index is 12.3. The third-order valence-corrected chi connectivity index (χ3v) is 5.44. The topological polar surface area (TPSA) is 93.7 Å². The Kier molecular flexibility index (Phi) is 8.53. The largest absolute Gasteiger partial charge is 0.497 e. The Hall–Kier alpha value is -2.74. The van der Waals surface area contributed by atoms with E-state index in [0.29, 0.717) is 17.9 Å². The van der Waals surface area contributed by atoms with Crippen LogP contribution in [0.3, 0.4) is 0 Å². The molecule has 1 atom stereocenters. The van der Waals surface area contributed by atoms with Crippen LogP contribution in [-0.2, 0) is 21.2 Å². The van der Waals surface area contributed by atoms with Crippen molar-refractivity contribution in [2.75, 3.05) is 17.6 Å². The van der Waals surface area contributed by atoms with Crippen LogP contribution in [0.25, 0.3) is 0 Å². The number of anilines is 1. The SMILES string of the molecule is COc1ccc(CCC(C)NC(=O)CS(=O)(=O)Nc2ccc(OC(C)C)cc2)cc1. The smallest absolute Gasteiger partial charge is 0.241 e. The highest BCUT2D eigenvalue weighted by atomic mass is 32.2. The molecule has 0 spiro atoms. The van der Waals surface area contributed by atoms with Gasteiger partial charge in [0.1, 0.15) is 17.3 Å². The number of benzene rings is 2. The number of nitrogens with one attached hydrogen (secondary N) is 2. The lowest BCUT2D eigenvalue weighted by atomic mass is 10.1. The third kappa shape index (κ3) is 8.32. The fraction of sp³-hybridized carbons (Fsp3) is 0.409. The number of hydrogen-bond acceptors (Lipinski definition) is 5. The summed E-state index contributed by atoms with van der Waals surface area (Å²) in [5.41, 5.74) is 1.50. The number of amides is 1. The first-order valence-electron chi connectivity index (χ1n) is 9.86. The molecule has 0 radical (unpaired) electrons. The number of carbonyl (C=O) groups excluding carboxylic acids is 1. The van der Waals surface area contributed by atoms with Gasteiger partial charge in [-0.1, -0.05) is 12.1 Å². The molecule has 0 aliphatic carbocycles. The summed E-state index contributed by atoms with van der Waals surface area (Å²) >= 11 is 0. The van der Waals surface area contributed by atoms with Crippen molar-refractivity contribution in [3.05, 3.63) is 54.1 Å². The van der Waals surface area contributed by atoms with Gasteiger partial charge < -0.3 is 14.8 Å². The molecule has 0 saturated carbocycles. The molecule has 2 N–H and O–H groups in total. The van der Waals surface area contributed by atoms with E-state index in [-0.39, 0.29) is 12.1 Å². The minimum absolute atomic E-state index is 0.0305. The highest BCUT2D eigenvalue weighted by Gasteiger charge is 2.18. The summed E-state index contributed by atoms with van der Waals surface area (Å²) < 4.78 is 37.6. The number of sulfonamides is 1. The van der Waals surface area contributed by atoms with Crippen molar-refractivity contribution in [1.29, 1.82) is 0 Å². The summed E-state index contributed by atoms with van der Waals surface area (Å²) in [4.78, 5) is 12.2. The predicted molar refractivity (Wildman–Crippen MR) is 119 cm³/mol. The van der Waals surface area contributed by atoms with Gasteiger partial charge in [0.15, 0.2) is 0 Å². The van der Waals surface area contributed by atoms with Crippen molar-refractivity contribution in [2.24, 2.45) is 0 Å². The number of carbonyl (C=O) groups is 1. The zero-order chi connectivity index (χ0) is 22.1. The van der Waals surface area contributed by atoms with Gasteiger partial charge in [-0.3, -0.25) is 9.52 Å². The maximum atomic E-state index is 12.3. The number of ether oxygens (including phenoxy) is 2. The van der Waals surface area contributed by atoms with Crippen LogP contribution in [0.4, 0.5) is 5.69 Å². The first kappa shape index (κ1) is 23.5. The molecule has 30 heavy (non-hydrogen) atoms. The van der Waals surface area contributed by atoms with Crippen LogP contribution in [0, 0.1) is 0 Å². The summed E-state index contributed by atoms with van der Waals surface area (Å²) in [6.07, 6.45) is 1.49. The number of aryl methyl sites for hydroxylation is 1. The van der Waals surface area contributed by atoms with Crippen LogP contribution < -0.4 is 19.5 Å². The van der Waals surface area contributed by atoms with Crippen molar-refractivity contribution in [2.45, 2.75) is 45.8 Å². The minimum atomic E-state index is -3.81. The number of hydrogen-bond donors (Lipinski definition) is 2. The highest BCUT2D eigenvalue weighted by molar-refractivity contribution is 7.93. The molecular weight excluding hydrogens is 404 g/mol. The van der Waals surface area contributed by atoms with E-state index in [1.54, 1.807) is 31.4 Å². The van der Waals surface area contributed by atoms with Gasteiger partial charge in [-0.25, -0.2) is 8.42 Å². The highest BCUT2D eigenvalue weighted by Crippen LogP contribution is 2.18. The zero-order valence-electron chi connectivity index (χ0n) is 17.8. The molecule has 0 bridgehead atoms. The van der Waals surface area contributed by atoms with Gasteiger partial charge >= 0.3 is 0 Å². The first-order chi connectivity index (χ1) is 14.2. The number of rotatable bonds is 11. The molecule has 164 valence electrons. The lowest BCUT2D eigenvalue weighted by molar-refractivity contribution is -0.119. The van der Waals surface area contributed by atoms with Crippen molar-refractivity contribution >= 4 is 21.6 Å². The normalized spacial score (nSPS) is 12.3. The van der Waals surface area contributed by atoms with Crippen LogP contribution in [0.15, 0.2) is 48.5 Å². The monoisotopic (exact) mass is 434 g/mol. The fourth-order valence-corrected chi connectivity index (χ4v) is 3.82. The summed E-state index contributed by atoms with van der Waals surface area (Å²) in [5.74, 6) is 0.269. The fourth-order valence-electron chi connectivity index (χ4n) is 2.83. The van der Waals surface area contributed by atoms with Gasteiger partial charge in [0, 0.05) is 11.7 Å². The van der Waals surface area contributed by atoms with Crippen molar-refractivity contribution in [1.82, 2.24) is 5.32 Å². The average Bonchev–Trinajstić information content (AvgIpc) is 2.67. The van der Waals surface area contributed by atoms with E-state index in [9.17, 15) is 13.2 Å². The van der Waals surface area contributed by atoms with Gasteiger partial charge in [0.2, 0.25) is 15.9 Å². The Labute approximate surface area is 178 Å². The Morgan fingerprint density at radius 3 is 2.13 bits per heavy atom. The van der Waals surface area contributed by atoms with Gasteiger partial charge in [0.25, 0.3) is 0 Å². The van der Waals surface area contributed by atoms with Gasteiger partial charge in [-0.2, -0.15) is 0 Å². The van der Waals surface area contributed by atoms with Crippen LogP contribution >= 0.6 is 0 Å². The van der Waals surface area contributed by atoms with E-state index >= 15 is 0 Å². The van der Waals surface area contributed by atoms with E-state index in [1.807, 2.05) is 45.0 Å². The van der Waals surface area contributed by atoms with Gasteiger partial charge in [0.05, 0.1) is 13.2 Å². The molecule has 8 heteroatoms. The molecular formula is C22H30N2O5S. The number of methoxy groups -OCH3 is 1. The summed E-state index contributed by atoms with van der Waals surface area (Å²) in [5, 5.41) is 2.74. The molecule has 0 aliphatic rings. The Balaban J connectivity index is 1.80. The lowest BCUT2D eigenvalue weighted by Crippen LogP contribution is -2.38. The Bertz CT molecular complexity index is 910. The van der Waals surface area contributed by atoms with Crippen LogP contribution in [0.1, 0.15) is 32.8 Å². The van der Waals surface area contributed by atoms with Crippen LogP contribution in [0.5, 0.6) is 11.5 Å². The standard InChI is InChI=1S/C22H30N2O5S/c1-16(2)29-21-13-9-19(10-14-21)24-30(26,27)15-22(25)23-17(3)5-6-18-7-11-20(28-4)12-8-18/h7-14,16-17,24H,5-6,15H2,1-4H3,(H,23,25). The molecule has 0 aliphatic heterocycles. The average molecular weight is 435 g/mol. The molecule has 0 saturated heterocycles. The predicted octanol–water partition coefficient (Wildman–Crippen LogP) is 3.36. The van der Waals surface area contributed by atoms with Crippen molar-refractivity contribution in [3.63, 3.8) is 0 Å². The molecule has 0 fully saturated rings. The Morgan fingerprint density at radius 1 is 0.967 bits per heavy atom.